The summed E-state index contributed by atoms with van der Waals surface area (Å²) in [6, 6.07) is 0. The minimum Gasteiger partial charge on any atom is -0.381 e. The van der Waals surface area contributed by atoms with E-state index in [0.29, 0.717) is 0 Å². The molecule has 0 aromatic carbocycles. The highest BCUT2D eigenvalue weighted by atomic mass is 19.3. The van der Waals surface area contributed by atoms with Crippen LogP contribution >= 0.6 is 0 Å². The first kappa shape index (κ1) is 8.78. The third-order valence-electron chi connectivity index (χ3n) is 1.34. The molecule has 0 heterocycles. The van der Waals surface area contributed by atoms with Gasteiger partial charge in [-0.15, -0.1) is 0 Å². The first-order valence-electron chi connectivity index (χ1n) is 2.64. The molecule has 0 bridgehead atoms. The monoisotopic (exact) mass is 140 g/mol. The number of hydrogen-bond donors (Lipinski definition) is 2. The van der Waals surface area contributed by atoms with Crippen LogP contribution in [-0.2, 0) is 0 Å². The molecule has 1 unspecified atom stereocenters. The van der Waals surface area contributed by atoms with Crippen molar-refractivity contribution in [2.75, 3.05) is 0 Å². The smallest absolute Gasteiger partial charge is 0.381 e. The molecule has 0 aliphatic rings. The van der Waals surface area contributed by atoms with E-state index >= 15 is 0 Å². The molecule has 0 radical (unpaired) electrons. The van der Waals surface area contributed by atoms with E-state index in [-0.39, 0.29) is 6.42 Å². The minimum absolute atomic E-state index is 0.184. The Kier molecular flexibility index (Phi) is 2.14. The van der Waals surface area contributed by atoms with Gasteiger partial charge in [-0.25, -0.2) is 0 Å². The Labute approximate surface area is 52.1 Å². The zero-order chi connectivity index (χ0) is 7.71. The maximum Gasteiger partial charge on any atom is 0.381 e. The summed E-state index contributed by atoms with van der Waals surface area (Å²) in [5.74, 6) is 0. The van der Waals surface area contributed by atoms with Crippen molar-refractivity contribution < 1.29 is 19.0 Å². The molecule has 1 atom stereocenters. The lowest BCUT2D eigenvalue weighted by atomic mass is 10.0. The number of rotatable bonds is 2. The van der Waals surface area contributed by atoms with Gasteiger partial charge in [0.05, 0.1) is 0 Å². The zero-order valence-corrected chi connectivity index (χ0v) is 5.36. The van der Waals surface area contributed by atoms with Crippen molar-refractivity contribution in [3.63, 3.8) is 0 Å². The summed E-state index contributed by atoms with van der Waals surface area (Å²) in [4.78, 5) is 0. The van der Waals surface area contributed by atoms with Crippen LogP contribution in [0.15, 0.2) is 0 Å². The Morgan fingerprint density at radius 1 is 1.33 bits per heavy atom. The molecule has 0 saturated heterocycles. The molecule has 2 nitrogen and oxygen atoms in total. The SMILES string of the molecule is CCC(C)(O)C(O)(F)F. The van der Waals surface area contributed by atoms with Crippen LogP contribution in [0.2, 0.25) is 0 Å². The third kappa shape index (κ3) is 1.87. The van der Waals surface area contributed by atoms with E-state index in [9.17, 15) is 8.78 Å². The van der Waals surface area contributed by atoms with E-state index in [4.69, 9.17) is 10.2 Å². The van der Waals surface area contributed by atoms with Crippen molar-refractivity contribution in [1.82, 2.24) is 0 Å². The molecule has 0 aromatic heterocycles. The summed E-state index contributed by atoms with van der Waals surface area (Å²) in [5, 5.41) is 16.6. The van der Waals surface area contributed by atoms with E-state index in [1.165, 1.54) is 6.92 Å². The normalized spacial score (nSPS) is 19.3. The van der Waals surface area contributed by atoms with Crippen LogP contribution in [0.1, 0.15) is 20.3 Å². The lowest BCUT2D eigenvalue weighted by molar-refractivity contribution is -0.300. The number of hydrogen-bond acceptors (Lipinski definition) is 2. The zero-order valence-electron chi connectivity index (χ0n) is 5.36. The van der Waals surface area contributed by atoms with Crippen LogP contribution in [0.4, 0.5) is 8.78 Å². The number of alkyl halides is 2. The van der Waals surface area contributed by atoms with Crippen LogP contribution < -0.4 is 0 Å². The van der Waals surface area contributed by atoms with Crippen LogP contribution in [-0.4, -0.2) is 21.9 Å². The van der Waals surface area contributed by atoms with Gasteiger partial charge < -0.3 is 10.2 Å². The fourth-order valence-corrected chi connectivity index (χ4v) is 0.213. The molecule has 2 N–H and O–H groups in total. The predicted molar refractivity (Wildman–Crippen MR) is 28.1 cm³/mol. The quantitative estimate of drug-likeness (QED) is 0.593. The van der Waals surface area contributed by atoms with Gasteiger partial charge in [-0.05, 0) is 13.3 Å². The van der Waals surface area contributed by atoms with E-state index < -0.39 is 11.7 Å². The fraction of sp³-hybridized carbons (Fsp3) is 1.00. The van der Waals surface area contributed by atoms with Gasteiger partial charge in [0.25, 0.3) is 0 Å². The topological polar surface area (TPSA) is 40.5 Å². The maximum absolute atomic E-state index is 11.8. The molecule has 4 heteroatoms. The Balaban J connectivity index is 4.14. The molecule has 0 amide bonds. The molecule has 0 aliphatic heterocycles. The molecule has 0 spiro atoms. The van der Waals surface area contributed by atoms with Crippen molar-refractivity contribution in [2.45, 2.75) is 32.0 Å². The Morgan fingerprint density at radius 3 is 1.67 bits per heavy atom. The average Bonchev–Trinajstić information content (AvgIpc) is 1.64. The van der Waals surface area contributed by atoms with Crippen LogP contribution in [0.3, 0.4) is 0 Å². The van der Waals surface area contributed by atoms with Crippen molar-refractivity contribution in [2.24, 2.45) is 0 Å². The van der Waals surface area contributed by atoms with Gasteiger partial charge >= 0.3 is 6.11 Å². The molecule has 0 aliphatic carbocycles. The molecule has 0 rings (SSSR count). The second-order valence-corrected chi connectivity index (χ2v) is 2.17. The van der Waals surface area contributed by atoms with Gasteiger partial charge in [0.2, 0.25) is 0 Å². The first-order valence-corrected chi connectivity index (χ1v) is 2.64. The Bertz CT molecular complexity index is 95.6. The maximum atomic E-state index is 11.8. The molecular weight excluding hydrogens is 130 g/mol. The first-order chi connectivity index (χ1) is 3.81. The minimum atomic E-state index is -4.00. The van der Waals surface area contributed by atoms with Crippen molar-refractivity contribution in [1.29, 1.82) is 0 Å². The molecule has 56 valence electrons. The van der Waals surface area contributed by atoms with Crippen LogP contribution in [0.25, 0.3) is 0 Å². The average molecular weight is 140 g/mol. The Hall–Kier alpha value is -0.220. The van der Waals surface area contributed by atoms with E-state index in [1.54, 1.807) is 0 Å². The van der Waals surface area contributed by atoms with Crippen molar-refractivity contribution >= 4 is 0 Å². The lowest BCUT2D eigenvalue weighted by Gasteiger charge is -2.25. The van der Waals surface area contributed by atoms with E-state index in [2.05, 4.69) is 0 Å². The van der Waals surface area contributed by atoms with Crippen LogP contribution in [0.5, 0.6) is 0 Å². The van der Waals surface area contributed by atoms with Crippen molar-refractivity contribution in [3.05, 3.63) is 0 Å². The van der Waals surface area contributed by atoms with Crippen molar-refractivity contribution in [3.8, 4) is 0 Å². The van der Waals surface area contributed by atoms with E-state index in [1.807, 2.05) is 0 Å². The van der Waals surface area contributed by atoms with Gasteiger partial charge in [0, 0.05) is 0 Å². The standard InChI is InChI=1S/C5H10F2O2/c1-3-4(2,8)5(6,7)9/h8-9H,3H2,1-2H3. The van der Waals surface area contributed by atoms with Gasteiger partial charge in [0.1, 0.15) is 0 Å². The summed E-state index contributed by atoms with van der Waals surface area (Å²) in [6.07, 6.45) is -4.18. The second kappa shape index (κ2) is 2.19. The van der Waals surface area contributed by atoms with E-state index in [0.717, 1.165) is 6.92 Å². The highest BCUT2D eigenvalue weighted by Gasteiger charge is 2.45. The van der Waals surface area contributed by atoms with Gasteiger partial charge in [-0.3, -0.25) is 0 Å². The molecule has 0 aromatic rings. The number of aliphatic hydroxyl groups is 2. The van der Waals surface area contributed by atoms with Gasteiger partial charge in [0.15, 0.2) is 5.60 Å². The number of halogens is 2. The fourth-order valence-electron chi connectivity index (χ4n) is 0.213. The summed E-state index contributed by atoms with van der Waals surface area (Å²) < 4.78 is 23.6. The highest BCUT2D eigenvalue weighted by Crippen LogP contribution is 2.27. The summed E-state index contributed by atoms with van der Waals surface area (Å²) >= 11 is 0. The molecular formula is C5H10F2O2. The molecule has 0 fully saturated rings. The summed E-state index contributed by atoms with van der Waals surface area (Å²) in [6.45, 7) is 2.25. The lowest BCUT2D eigenvalue weighted by Crippen LogP contribution is -2.44. The van der Waals surface area contributed by atoms with Gasteiger partial charge in [-0.1, -0.05) is 6.92 Å². The Morgan fingerprint density at radius 2 is 1.67 bits per heavy atom. The summed E-state index contributed by atoms with van der Waals surface area (Å²) in [7, 11) is 0. The van der Waals surface area contributed by atoms with Crippen LogP contribution in [0, 0.1) is 0 Å². The predicted octanol–water partition coefficient (Wildman–Crippen LogP) is 0.732. The van der Waals surface area contributed by atoms with Gasteiger partial charge in [-0.2, -0.15) is 8.78 Å². The third-order valence-corrected chi connectivity index (χ3v) is 1.34. The molecule has 9 heavy (non-hydrogen) atoms. The molecule has 0 saturated carbocycles. The second-order valence-electron chi connectivity index (χ2n) is 2.17. The summed E-state index contributed by atoms with van der Waals surface area (Å²) in [5.41, 5.74) is -2.30. The largest absolute Gasteiger partial charge is 0.381 e. The highest BCUT2D eigenvalue weighted by molar-refractivity contribution is 4.78.